The first-order chi connectivity index (χ1) is 16.4. The molecule has 0 aliphatic carbocycles. The minimum absolute atomic E-state index is 0.134. The number of rotatable bonds is 5. The van der Waals surface area contributed by atoms with E-state index in [4.69, 9.17) is 9.72 Å². The molecule has 174 valence electrons. The lowest BCUT2D eigenvalue weighted by Gasteiger charge is -2.26. The van der Waals surface area contributed by atoms with E-state index < -0.39 is 0 Å². The summed E-state index contributed by atoms with van der Waals surface area (Å²) < 4.78 is 5.32. The van der Waals surface area contributed by atoms with Crippen molar-refractivity contribution in [3.63, 3.8) is 0 Å². The number of aromatic nitrogens is 2. The van der Waals surface area contributed by atoms with E-state index in [1.165, 1.54) is 18.3 Å². The van der Waals surface area contributed by atoms with Gasteiger partial charge in [0.15, 0.2) is 5.13 Å². The molecule has 0 unspecified atom stereocenters. The molecule has 0 atom stereocenters. The lowest BCUT2D eigenvalue weighted by molar-refractivity contribution is -0.119. The quantitative estimate of drug-likeness (QED) is 0.581. The number of nitriles is 1. The lowest BCUT2D eigenvalue weighted by Crippen LogP contribution is -2.43. The maximum Gasteiger partial charge on any atom is 0.323 e. The molecule has 10 heteroatoms. The Kier molecular flexibility index (Phi) is 7.15. The summed E-state index contributed by atoms with van der Waals surface area (Å²) in [6.07, 6.45) is 0. The van der Waals surface area contributed by atoms with Crippen LogP contribution < -0.4 is 10.6 Å². The Morgan fingerprint density at radius 1 is 1.18 bits per heavy atom. The second kappa shape index (κ2) is 10.4. The summed E-state index contributed by atoms with van der Waals surface area (Å²) in [6, 6.07) is 13.0. The summed E-state index contributed by atoms with van der Waals surface area (Å²) >= 11 is 1.36. The monoisotopic (exact) mass is 476 g/mol. The van der Waals surface area contributed by atoms with Crippen LogP contribution in [-0.4, -0.2) is 53.1 Å². The standard InChI is InChI=1S/C24H24N6O3S/c1-15-10-19(12-20(27-15)14-26-16(2)31)22-21(18-5-3-4-17(11-18)13-25)28-23(34-22)29-24(32)30-6-8-33-9-7-30/h3-5,10-12H,6-9,14H2,1-2H3,(H,26,31)(H,28,29,32). The van der Waals surface area contributed by atoms with Crippen molar-refractivity contribution in [1.82, 2.24) is 20.2 Å². The molecule has 2 aromatic heterocycles. The highest BCUT2D eigenvalue weighted by molar-refractivity contribution is 7.19. The van der Waals surface area contributed by atoms with Crippen LogP contribution in [0.3, 0.4) is 0 Å². The average molecular weight is 477 g/mol. The van der Waals surface area contributed by atoms with Gasteiger partial charge in [0.1, 0.15) is 0 Å². The molecule has 1 fully saturated rings. The molecule has 1 aromatic carbocycles. The summed E-state index contributed by atoms with van der Waals surface area (Å²) in [6.45, 7) is 5.73. The van der Waals surface area contributed by atoms with E-state index in [1.807, 2.05) is 31.2 Å². The van der Waals surface area contributed by atoms with Crippen molar-refractivity contribution in [3.8, 4) is 27.8 Å². The molecule has 0 radical (unpaired) electrons. The number of hydrogen-bond acceptors (Lipinski definition) is 7. The molecular formula is C24H24N6O3S. The maximum absolute atomic E-state index is 12.8. The minimum atomic E-state index is -0.224. The van der Waals surface area contributed by atoms with Crippen LogP contribution in [0.4, 0.5) is 9.93 Å². The van der Waals surface area contributed by atoms with Gasteiger partial charge in [-0.2, -0.15) is 5.26 Å². The number of thiazole rings is 1. The van der Waals surface area contributed by atoms with E-state index in [0.717, 1.165) is 21.7 Å². The van der Waals surface area contributed by atoms with Gasteiger partial charge in [0.2, 0.25) is 5.91 Å². The molecule has 9 nitrogen and oxygen atoms in total. The zero-order valence-corrected chi connectivity index (χ0v) is 19.7. The number of anilines is 1. The Morgan fingerprint density at radius 2 is 1.97 bits per heavy atom. The van der Waals surface area contributed by atoms with Gasteiger partial charge in [0.05, 0.1) is 47.7 Å². The number of carbonyl (C=O) groups excluding carboxylic acids is 2. The highest BCUT2D eigenvalue weighted by Gasteiger charge is 2.21. The molecule has 1 aliphatic heterocycles. The number of nitrogens with one attached hydrogen (secondary N) is 2. The van der Waals surface area contributed by atoms with Crippen molar-refractivity contribution in [3.05, 3.63) is 53.3 Å². The van der Waals surface area contributed by atoms with Crippen LogP contribution in [0.5, 0.6) is 0 Å². The molecule has 3 amide bonds. The summed E-state index contributed by atoms with van der Waals surface area (Å²) in [5.41, 5.74) is 4.34. The normalized spacial score (nSPS) is 13.3. The van der Waals surface area contributed by atoms with Crippen LogP contribution in [0.2, 0.25) is 0 Å². The molecule has 0 saturated carbocycles. The number of ether oxygens (including phenoxy) is 1. The zero-order valence-electron chi connectivity index (χ0n) is 18.9. The fourth-order valence-electron chi connectivity index (χ4n) is 3.61. The van der Waals surface area contributed by atoms with Gasteiger partial charge in [0.25, 0.3) is 0 Å². The second-order valence-corrected chi connectivity index (χ2v) is 8.82. The first-order valence-electron chi connectivity index (χ1n) is 10.8. The van der Waals surface area contributed by atoms with E-state index >= 15 is 0 Å². The number of hydrogen-bond donors (Lipinski definition) is 2. The Balaban J connectivity index is 1.73. The van der Waals surface area contributed by atoms with Gasteiger partial charge in [-0.15, -0.1) is 0 Å². The number of aryl methyl sites for hydroxylation is 1. The molecule has 1 saturated heterocycles. The summed E-state index contributed by atoms with van der Waals surface area (Å²) in [4.78, 5) is 35.9. The van der Waals surface area contributed by atoms with E-state index in [1.54, 1.807) is 17.0 Å². The predicted octanol–water partition coefficient (Wildman–Crippen LogP) is 3.55. The Hall–Kier alpha value is -3.81. The first-order valence-corrected chi connectivity index (χ1v) is 11.6. The molecule has 0 bridgehead atoms. The van der Waals surface area contributed by atoms with E-state index in [0.29, 0.717) is 54.9 Å². The van der Waals surface area contributed by atoms with Crippen LogP contribution in [0.15, 0.2) is 36.4 Å². The molecule has 3 aromatic rings. The number of carbonyl (C=O) groups is 2. The fourth-order valence-corrected chi connectivity index (χ4v) is 4.58. The highest BCUT2D eigenvalue weighted by atomic mass is 32.1. The van der Waals surface area contributed by atoms with Gasteiger partial charge >= 0.3 is 6.03 Å². The maximum atomic E-state index is 12.8. The third-order valence-corrected chi connectivity index (χ3v) is 6.21. The van der Waals surface area contributed by atoms with Gasteiger partial charge in [-0.3, -0.25) is 15.1 Å². The first kappa shape index (κ1) is 23.4. The third-order valence-electron chi connectivity index (χ3n) is 5.19. The lowest BCUT2D eigenvalue weighted by atomic mass is 10.0. The topological polar surface area (TPSA) is 120 Å². The molecule has 1 aliphatic rings. The molecule has 34 heavy (non-hydrogen) atoms. The molecule has 2 N–H and O–H groups in total. The number of amides is 3. The summed E-state index contributed by atoms with van der Waals surface area (Å²) in [5.74, 6) is -0.134. The van der Waals surface area contributed by atoms with Gasteiger partial charge in [-0.1, -0.05) is 23.5 Å². The SMILES string of the molecule is CC(=O)NCc1cc(-c2sc(NC(=O)N3CCOCC3)nc2-c2cccc(C#N)c2)cc(C)n1. The Morgan fingerprint density at radius 3 is 2.71 bits per heavy atom. The number of urea groups is 1. The highest BCUT2D eigenvalue weighted by Crippen LogP contribution is 2.39. The summed E-state index contributed by atoms with van der Waals surface area (Å²) in [7, 11) is 0. The smallest absolute Gasteiger partial charge is 0.323 e. The van der Waals surface area contributed by atoms with Crippen LogP contribution >= 0.6 is 11.3 Å². The largest absolute Gasteiger partial charge is 0.378 e. The molecule has 3 heterocycles. The number of pyridine rings is 1. The van der Waals surface area contributed by atoms with E-state index in [9.17, 15) is 14.9 Å². The molecular weight excluding hydrogens is 452 g/mol. The molecule has 4 rings (SSSR count). The van der Waals surface area contributed by atoms with Crippen molar-refractivity contribution < 1.29 is 14.3 Å². The predicted molar refractivity (Wildman–Crippen MR) is 129 cm³/mol. The van der Waals surface area contributed by atoms with Crippen LogP contribution in [0.25, 0.3) is 21.7 Å². The van der Waals surface area contributed by atoms with E-state index in [2.05, 4.69) is 21.7 Å². The van der Waals surface area contributed by atoms with Crippen molar-refractivity contribution >= 4 is 28.4 Å². The second-order valence-electron chi connectivity index (χ2n) is 7.82. The van der Waals surface area contributed by atoms with Crippen molar-refractivity contribution in [1.29, 1.82) is 5.26 Å². The Labute approximate surface area is 201 Å². The van der Waals surface area contributed by atoms with Crippen LogP contribution in [0.1, 0.15) is 23.9 Å². The van der Waals surface area contributed by atoms with Gasteiger partial charge in [-0.25, -0.2) is 9.78 Å². The minimum Gasteiger partial charge on any atom is -0.378 e. The van der Waals surface area contributed by atoms with Gasteiger partial charge in [0, 0.05) is 31.3 Å². The summed E-state index contributed by atoms with van der Waals surface area (Å²) in [5, 5.41) is 15.5. The third kappa shape index (κ3) is 5.57. The number of morpholine rings is 1. The van der Waals surface area contributed by atoms with Crippen molar-refractivity contribution in [2.45, 2.75) is 20.4 Å². The zero-order chi connectivity index (χ0) is 24.1. The van der Waals surface area contributed by atoms with Crippen LogP contribution in [-0.2, 0) is 16.1 Å². The fraction of sp³-hybridized carbons (Fsp3) is 0.292. The average Bonchev–Trinajstić information content (AvgIpc) is 3.27. The molecule has 0 spiro atoms. The van der Waals surface area contributed by atoms with Crippen molar-refractivity contribution in [2.75, 3.05) is 31.6 Å². The number of benzene rings is 1. The number of nitrogens with zero attached hydrogens (tertiary/aromatic N) is 4. The van der Waals surface area contributed by atoms with Crippen molar-refractivity contribution in [2.24, 2.45) is 0 Å². The Bertz CT molecular complexity index is 1260. The van der Waals surface area contributed by atoms with Crippen LogP contribution in [0, 0.1) is 18.3 Å². The van der Waals surface area contributed by atoms with Gasteiger partial charge < -0.3 is 15.0 Å². The van der Waals surface area contributed by atoms with E-state index in [-0.39, 0.29) is 11.9 Å². The van der Waals surface area contributed by atoms with Gasteiger partial charge in [-0.05, 0) is 36.8 Å².